The number of nitrogens with one attached hydrogen (secondary N) is 2. The fraction of sp³-hybridized carbons (Fsp3) is 0.667. The largest absolute Gasteiger partial charge is 0.496 e. The molecule has 1 fully saturated rings. The average molecular weight is 391 g/mol. The van der Waals surface area contributed by atoms with Crippen molar-refractivity contribution in [1.82, 2.24) is 20.5 Å². The SMILES string of the molecule is COc1c(C)cnc(CN(C)C(=O)CCCNC(=O)NC2CCCCC2)c1C. The first-order valence-electron chi connectivity index (χ1n) is 10.2. The van der Waals surface area contributed by atoms with E-state index in [9.17, 15) is 9.59 Å². The van der Waals surface area contributed by atoms with E-state index in [1.165, 1.54) is 19.3 Å². The second-order valence-electron chi connectivity index (χ2n) is 7.63. The molecule has 0 saturated heterocycles. The maximum atomic E-state index is 12.4. The van der Waals surface area contributed by atoms with Crippen LogP contribution in [-0.4, -0.2) is 48.6 Å². The zero-order valence-electron chi connectivity index (χ0n) is 17.6. The Morgan fingerprint density at radius 3 is 2.64 bits per heavy atom. The van der Waals surface area contributed by atoms with Crippen molar-refractivity contribution >= 4 is 11.9 Å². The van der Waals surface area contributed by atoms with Gasteiger partial charge in [-0.1, -0.05) is 19.3 Å². The molecule has 7 nitrogen and oxygen atoms in total. The van der Waals surface area contributed by atoms with Gasteiger partial charge in [-0.25, -0.2) is 4.79 Å². The van der Waals surface area contributed by atoms with Crippen LogP contribution in [0.5, 0.6) is 5.75 Å². The minimum Gasteiger partial charge on any atom is -0.496 e. The van der Waals surface area contributed by atoms with E-state index in [2.05, 4.69) is 15.6 Å². The van der Waals surface area contributed by atoms with E-state index in [1.54, 1.807) is 25.3 Å². The van der Waals surface area contributed by atoms with Crippen molar-refractivity contribution in [2.75, 3.05) is 20.7 Å². The van der Waals surface area contributed by atoms with Crippen LogP contribution in [0.25, 0.3) is 0 Å². The van der Waals surface area contributed by atoms with Gasteiger partial charge in [0.1, 0.15) is 5.75 Å². The van der Waals surface area contributed by atoms with E-state index in [-0.39, 0.29) is 11.9 Å². The molecule has 1 aromatic heterocycles. The van der Waals surface area contributed by atoms with E-state index >= 15 is 0 Å². The van der Waals surface area contributed by atoms with Crippen LogP contribution in [0.1, 0.15) is 61.8 Å². The Labute approximate surface area is 168 Å². The molecule has 0 aromatic carbocycles. The molecule has 1 aromatic rings. The molecule has 1 saturated carbocycles. The molecule has 0 spiro atoms. The topological polar surface area (TPSA) is 83.6 Å². The summed E-state index contributed by atoms with van der Waals surface area (Å²) in [6.45, 7) is 4.85. The van der Waals surface area contributed by atoms with E-state index in [0.29, 0.717) is 32.0 Å². The van der Waals surface area contributed by atoms with Crippen molar-refractivity contribution in [3.8, 4) is 5.75 Å². The third-order valence-corrected chi connectivity index (χ3v) is 5.36. The maximum Gasteiger partial charge on any atom is 0.315 e. The summed E-state index contributed by atoms with van der Waals surface area (Å²) < 4.78 is 5.43. The lowest BCUT2D eigenvalue weighted by atomic mass is 9.96. The third kappa shape index (κ3) is 6.39. The number of rotatable bonds is 8. The van der Waals surface area contributed by atoms with Crippen LogP contribution in [0.2, 0.25) is 0 Å². The van der Waals surface area contributed by atoms with Crippen LogP contribution in [0.3, 0.4) is 0 Å². The van der Waals surface area contributed by atoms with Crippen LogP contribution in [-0.2, 0) is 11.3 Å². The number of pyridine rings is 1. The van der Waals surface area contributed by atoms with Crippen molar-refractivity contribution in [3.05, 3.63) is 23.0 Å². The van der Waals surface area contributed by atoms with Gasteiger partial charge in [0.25, 0.3) is 0 Å². The summed E-state index contributed by atoms with van der Waals surface area (Å²) in [7, 11) is 3.42. The Morgan fingerprint density at radius 2 is 1.96 bits per heavy atom. The fourth-order valence-electron chi connectivity index (χ4n) is 3.66. The molecule has 2 N–H and O–H groups in total. The van der Waals surface area contributed by atoms with Gasteiger partial charge in [-0.3, -0.25) is 9.78 Å². The van der Waals surface area contributed by atoms with Crippen LogP contribution in [0, 0.1) is 13.8 Å². The molecule has 28 heavy (non-hydrogen) atoms. The highest BCUT2D eigenvalue weighted by molar-refractivity contribution is 5.76. The van der Waals surface area contributed by atoms with Crippen molar-refractivity contribution in [1.29, 1.82) is 0 Å². The van der Waals surface area contributed by atoms with Crippen LogP contribution in [0.15, 0.2) is 6.20 Å². The molecule has 3 amide bonds. The van der Waals surface area contributed by atoms with Crippen molar-refractivity contribution in [3.63, 3.8) is 0 Å². The molecule has 0 radical (unpaired) electrons. The highest BCUT2D eigenvalue weighted by Crippen LogP contribution is 2.24. The Balaban J connectivity index is 1.70. The van der Waals surface area contributed by atoms with Gasteiger partial charge in [-0.05, 0) is 33.1 Å². The van der Waals surface area contributed by atoms with Crippen LogP contribution >= 0.6 is 0 Å². The fourth-order valence-corrected chi connectivity index (χ4v) is 3.66. The van der Waals surface area contributed by atoms with Crippen molar-refractivity contribution in [2.24, 2.45) is 0 Å². The first kappa shape index (κ1) is 22.0. The Morgan fingerprint density at radius 1 is 1.25 bits per heavy atom. The highest BCUT2D eigenvalue weighted by atomic mass is 16.5. The number of nitrogens with zero attached hydrogens (tertiary/aromatic N) is 2. The van der Waals surface area contributed by atoms with Gasteiger partial charge in [0.05, 0.1) is 19.3 Å². The minimum atomic E-state index is -0.126. The predicted molar refractivity (Wildman–Crippen MR) is 109 cm³/mol. The Hall–Kier alpha value is -2.31. The van der Waals surface area contributed by atoms with E-state index in [4.69, 9.17) is 4.74 Å². The second kappa shape index (κ2) is 10.9. The number of carbonyl (C=O) groups excluding carboxylic acids is 2. The summed E-state index contributed by atoms with van der Waals surface area (Å²) >= 11 is 0. The number of ether oxygens (including phenoxy) is 1. The van der Waals surface area contributed by atoms with Gasteiger partial charge in [0.2, 0.25) is 5.91 Å². The molecular formula is C21H34N4O3. The number of hydrogen-bond acceptors (Lipinski definition) is 4. The van der Waals surface area contributed by atoms with Gasteiger partial charge in [0, 0.05) is 43.4 Å². The molecule has 0 atom stereocenters. The molecule has 0 aliphatic heterocycles. The molecule has 1 aliphatic rings. The predicted octanol–water partition coefficient (Wildman–Crippen LogP) is 3.08. The standard InChI is InChI=1S/C21H34N4O3/c1-15-13-23-18(16(2)20(15)28-4)14-25(3)19(26)11-8-12-22-21(27)24-17-9-6-5-7-10-17/h13,17H,5-12,14H2,1-4H3,(H2,22,24,27). The molecule has 7 heteroatoms. The molecule has 156 valence electrons. The zero-order chi connectivity index (χ0) is 20.5. The smallest absolute Gasteiger partial charge is 0.315 e. The summed E-state index contributed by atoms with van der Waals surface area (Å²) in [5, 5.41) is 5.87. The number of urea groups is 1. The summed E-state index contributed by atoms with van der Waals surface area (Å²) in [4.78, 5) is 30.4. The number of hydrogen-bond donors (Lipinski definition) is 2. The van der Waals surface area contributed by atoms with Gasteiger partial charge in [0.15, 0.2) is 0 Å². The third-order valence-electron chi connectivity index (χ3n) is 5.36. The monoisotopic (exact) mass is 390 g/mol. The second-order valence-corrected chi connectivity index (χ2v) is 7.63. The number of carbonyl (C=O) groups is 2. The van der Waals surface area contributed by atoms with Crippen LogP contribution < -0.4 is 15.4 Å². The quantitative estimate of drug-likeness (QED) is 0.668. The first-order chi connectivity index (χ1) is 13.4. The average Bonchev–Trinajstić information content (AvgIpc) is 2.68. The summed E-state index contributed by atoms with van der Waals surface area (Å²) in [6.07, 6.45) is 8.54. The number of aryl methyl sites for hydroxylation is 1. The van der Waals surface area contributed by atoms with E-state index < -0.39 is 0 Å². The van der Waals surface area contributed by atoms with Gasteiger partial charge in [-0.15, -0.1) is 0 Å². The highest BCUT2D eigenvalue weighted by Gasteiger charge is 2.16. The molecule has 0 unspecified atom stereocenters. The maximum absolute atomic E-state index is 12.4. The summed E-state index contributed by atoms with van der Waals surface area (Å²) in [5.74, 6) is 0.856. The number of aromatic nitrogens is 1. The molecule has 2 rings (SSSR count). The van der Waals surface area contributed by atoms with Crippen molar-refractivity contribution < 1.29 is 14.3 Å². The van der Waals surface area contributed by atoms with E-state index in [0.717, 1.165) is 35.4 Å². The molecule has 1 aliphatic carbocycles. The summed E-state index contributed by atoms with van der Waals surface area (Å²) in [5.41, 5.74) is 2.78. The summed E-state index contributed by atoms with van der Waals surface area (Å²) in [6, 6.07) is 0.169. The lowest BCUT2D eigenvalue weighted by molar-refractivity contribution is -0.130. The Bertz CT molecular complexity index is 672. The first-order valence-corrected chi connectivity index (χ1v) is 10.2. The minimum absolute atomic E-state index is 0.0373. The van der Waals surface area contributed by atoms with Gasteiger partial charge < -0.3 is 20.3 Å². The lowest BCUT2D eigenvalue weighted by Gasteiger charge is -2.23. The lowest BCUT2D eigenvalue weighted by Crippen LogP contribution is -2.43. The number of methoxy groups -OCH3 is 1. The normalized spacial score (nSPS) is 14.4. The molecule has 1 heterocycles. The van der Waals surface area contributed by atoms with E-state index in [1.807, 2.05) is 13.8 Å². The number of amides is 3. The van der Waals surface area contributed by atoms with Gasteiger partial charge in [-0.2, -0.15) is 0 Å². The van der Waals surface area contributed by atoms with Gasteiger partial charge >= 0.3 is 6.03 Å². The molecular weight excluding hydrogens is 356 g/mol. The Kier molecular flexibility index (Phi) is 8.54. The molecule has 0 bridgehead atoms. The van der Waals surface area contributed by atoms with Crippen molar-refractivity contribution in [2.45, 2.75) is 71.4 Å². The zero-order valence-corrected chi connectivity index (χ0v) is 17.6. The van der Waals surface area contributed by atoms with Crippen LogP contribution in [0.4, 0.5) is 4.79 Å².